The Balaban J connectivity index is 2.45. The normalized spacial score (nSPS) is 10.2. The lowest BCUT2D eigenvalue weighted by Gasteiger charge is -2.13. The summed E-state index contributed by atoms with van der Waals surface area (Å²) in [5.41, 5.74) is 12.3. The molecule has 0 aliphatic carbocycles. The Morgan fingerprint density at radius 2 is 2.00 bits per heavy atom. The van der Waals surface area contributed by atoms with Crippen LogP contribution in [0.2, 0.25) is 5.02 Å². The first-order valence-corrected chi connectivity index (χ1v) is 5.76. The monoisotopic (exact) mass is 279 g/mol. The van der Waals surface area contributed by atoms with Gasteiger partial charge in [-0.25, -0.2) is 4.39 Å². The fraction of sp³-hybridized carbons (Fsp3) is 0. The van der Waals surface area contributed by atoms with Gasteiger partial charge in [0, 0.05) is 10.7 Å². The summed E-state index contributed by atoms with van der Waals surface area (Å²) in [7, 11) is 0. The van der Waals surface area contributed by atoms with Gasteiger partial charge in [0.15, 0.2) is 0 Å². The minimum absolute atomic E-state index is 0.223. The molecule has 6 heteroatoms. The summed E-state index contributed by atoms with van der Waals surface area (Å²) in [5.74, 6) is -1.12. The molecule has 19 heavy (non-hydrogen) atoms. The van der Waals surface area contributed by atoms with Gasteiger partial charge in [0.2, 0.25) is 0 Å². The van der Waals surface area contributed by atoms with Gasteiger partial charge in [-0.3, -0.25) is 4.79 Å². The highest BCUT2D eigenvalue weighted by Gasteiger charge is 2.11. The van der Waals surface area contributed by atoms with Crippen LogP contribution in [0.4, 0.5) is 21.5 Å². The maximum atomic E-state index is 13.2. The Labute approximate surface area is 114 Å². The molecule has 0 aromatic heterocycles. The fourth-order valence-electron chi connectivity index (χ4n) is 1.69. The van der Waals surface area contributed by atoms with Gasteiger partial charge in [0.25, 0.3) is 5.91 Å². The molecule has 0 fully saturated rings. The SMILES string of the molecule is NC(=O)c1cccc(N)c1Nc1cc(F)cc(Cl)c1. The third-order valence-corrected chi connectivity index (χ3v) is 2.71. The van der Waals surface area contributed by atoms with E-state index in [1.807, 2.05) is 0 Å². The zero-order chi connectivity index (χ0) is 14.0. The lowest BCUT2D eigenvalue weighted by Crippen LogP contribution is -2.14. The number of carbonyl (C=O) groups is 1. The maximum Gasteiger partial charge on any atom is 0.250 e. The average molecular weight is 280 g/mol. The van der Waals surface area contributed by atoms with E-state index < -0.39 is 11.7 Å². The Morgan fingerprint density at radius 3 is 2.63 bits per heavy atom. The highest BCUT2D eigenvalue weighted by atomic mass is 35.5. The number of halogens is 2. The molecule has 0 saturated carbocycles. The molecule has 0 bridgehead atoms. The molecule has 0 heterocycles. The van der Waals surface area contributed by atoms with E-state index in [1.54, 1.807) is 12.1 Å². The van der Waals surface area contributed by atoms with E-state index in [0.29, 0.717) is 17.1 Å². The first kappa shape index (κ1) is 13.2. The van der Waals surface area contributed by atoms with Crippen molar-refractivity contribution in [1.29, 1.82) is 0 Å². The summed E-state index contributed by atoms with van der Waals surface area (Å²) in [4.78, 5) is 11.3. The standard InChI is InChI=1S/C13H11ClFN3O/c14-7-4-8(15)6-9(5-7)18-12-10(13(17)19)2-1-3-11(12)16/h1-6,18H,16H2,(H2,17,19). The molecule has 2 aromatic carbocycles. The van der Waals surface area contributed by atoms with Gasteiger partial charge < -0.3 is 16.8 Å². The number of amides is 1. The molecule has 2 aromatic rings. The Kier molecular flexibility index (Phi) is 3.57. The van der Waals surface area contributed by atoms with Crippen LogP contribution in [0.3, 0.4) is 0 Å². The summed E-state index contributed by atoms with van der Waals surface area (Å²) in [6.07, 6.45) is 0. The number of anilines is 3. The van der Waals surface area contributed by atoms with Gasteiger partial charge in [-0.1, -0.05) is 17.7 Å². The van der Waals surface area contributed by atoms with E-state index in [1.165, 1.54) is 24.3 Å². The molecule has 5 N–H and O–H groups in total. The molecular weight excluding hydrogens is 269 g/mol. The number of primary amides is 1. The number of carbonyl (C=O) groups excluding carboxylic acids is 1. The van der Waals surface area contributed by atoms with E-state index in [2.05, 4.69) is 5.32 Å². The molecule has 2 rings (SSSR count). The summed E-state index contributed by atoms with van der Waals surface area (Å²) in [5, 5.41) is 3.09. The molecular formula is C13H11ClFN3O. The zero-order valence-electron chi connectivity index (χ0n) is 9.78. The number of nitrogens with one attached hydrogen (secondary N) is 1. The molecule has 0 atom stereocenters. The van der Waals surface area contributed by atoms with Gasteiger partial charge >= 0.3 is 0 Å². The van der Waals surface area contributed by atoms with Gasteiger partial charge in [-0.15, -0.1) is 0 Å². The molecule has 0 spiro atoms. The summed E-state index contributed by atoms with van der Waals surface area (Å²) in [6.45, 7) is 0. The average Bonchev–Trinajstić information content (AvgIpc) is 2.30. The lowest BCUT2D eigenvalue weighted by molar-refractivity contribution is 0.100. The van der Waals surface area contributed by atoms with Crippen molar-refractivity contribution >= 4 is 34.6 Å². The van der Waals surface area contributed by atoms with Crippen LogP contribution in [-0.2, 0) is 0 Å². The van der Waals surface area contributed by atoms with Crippen molar-refractivity contribution in [3.05, 3.63) is 52.8 Å². The summed E-state index contributed by atoms with van der Waals surface area (Å²) < 4.78 is 13.2. The third-order valence-electron chi connectivity index (χ3n) is 2.49. The summed E-state index contributed by atoms with van der Waals surface area (Å²) >= 11 is 5.76. The molecule has 0 aliphatic rings. The molecule has 0 unspecified atom stereocenters. The molecule has 4 nitrogen and oxygen atoms in total. The number of rotatable bonds is 3. The smallest absolute Gasteiger partial charge is 0.250 e. The first-order valence-electron chi connectivity index (χ1n) is 5.39. The fourth-order valence-corrected chi connectivity index (χ4v) is 1.91. The van der Waals surface area contributed by atoms with Crippen molar-refractivity contribution in [2.75, 3.05) is 11.1 Å². The van der Waals surface area contributed by atoms with E-state index in [4.69, 9.17) is 23.1 Å². The van der Waals surface area contributed by atoms with E-state index in [-0.39, 0.29) is 10.6 Å². The molecule has 1 amide bonds. The predicted octanol–water partition coefficient (Wildman–Crippen LogP) is 2.90. The largest absolute Gasteiger partial charge is 0.397 e. The second kappa shape index (κ2) is 5.16. The van der Waals surface area contributed by atoms with Crippen LogP contribution in [0.15, 0.2) is 36.4 Å². The number of hydrogen-bond acceptors (Lipinski definition) is 3. The van der Waals surface area contributed by atoms with Crippen molar-refractivity contribution in [2.24, 2.45) is 5.73 Å². The zero-order valence-corrected chi connectivity index (χ0v) is 10.5. The van der Waals surface area contributed by atoms with Crippen molar-refractivity contribution in [2.45, 2.75) is 0 Å². The Bertz CT molecular complexity index is 626. The maximum absolute atomic E-state index is 13.2. The quantitative estimate of drug-likeness (QED) is 0.756. The van der Waals surface area contributed by atoms with Crippen molar-refractivity contribution in [3.63, 3.8) is 0 Å². The van der Waals surface area contributed by atoms with Gasteiger partial charge in [-0.2, -0.15) is 0 Å². The van der Waals surface area contributed by atoms with Crippen LogP contribution < -0.4 is 16.8 Å². The van der Waals surface area contributed by atoms with Crippen LogP contribution in [-0.4, -0.2) is 5.91 Å². The predicted molar refractivity (Wildman–Crippen MR) is 74.1 cm³/mol. The minimum atomic E-state index is -0.628. The molecule has 0 radical (unpaired) electrons. The minimum Gasteiger partial charge on any atom is -0.397 e. The van der Waals surface area contributed by atoms with E-state index in [9.17, 15) is 9.18 Å². The molecule has 0 aliphatic heterocycles. The van der Waals surface area contributed by atoms with Crippen molar-refractivity contribution in [3.8, 4) is 0 Å². The van der Waals surface area contributed by atoms with Crippen LogP contribution in [0.25, 0.3) is 0 Å². The van der Waals surface area contributed by atoms with Crippen LogP contribution >= 0.6 is 11.6 Å². The lowest BCUT2D eigenvalue weighted by atomic mass is 10.1. The highest BCUT2D eigenvalue weighted by molar-refractivity contribution is 6.30. The number of nitrogen functional groups attached to an aromatic ring is 1. The third kappa shape index (κ3) is 2.95. The van der Waals surface area contributed by atoms with Crippen LogP contribution in [0, 0.1) is 5.82 Å². The van der Waals surface area contributed by atoms with Gasteiger partial charge in [-0.05, 0) is 30.3 Å². The van der Waals surface area contributed by atoms with E-state index >= 15 is 0 Å². The number of para-hydroxylation sites is 1. The Hall–Kier alpha value is -2.27. The second-order valence-electron chi connectivity index (χ2n) is 3.92. The highest BCUT2D eigenvalue weighted by Crippen LogP contribution is 2.28. The van der Waals surface area contributed by atoms with Gasteiger partial charge in [0.05, 0.1) is 16.9 Å². The van der Waals surface area contributed by atoms with Crippen LogP contribution in [0.5, 0.6) is 0 Å². The summed E-state index contributed by atoms with van der Waals surface area (Å²) in [6, 6.07) is 8.68. The Morgan fingerprint density at radius 1 is 1.26 bits per heavy atom. The molecule has 0 saturated heterocycles. The number of benzene rings is 2. The van der Waals surface area contributed by atoms with Crippen molar-refractivity contribution in [1.82, 2.24) is 0 Å². The van der Waals surface area contributed by atoms with E-state index in [0.717, 1.165) is 0 Å². The topological polar surface area (TPSA) is 81.1 Å². The van der Waals surface area contributed by atoms with Gasteiger partial charge in [0.1, 0.15) is 5.82 Å². The number of nitrogens with two attached hydrogens (primary N) is 2. The number of hydrogen-bond donors (Lipinski definition) is 3. The first-order chi connectivity index (χ1) is 8.97. The molecule has 98 valence electrons. The second-order valence-corrected chi connectivity index (χ2v) is 4.35. The van der Waals surface area contributed by atoms with Crippen LogP contribution in [0.1, 0.15) is 10.4 Å². The van der Waals surface area contributed by atoms with Crippen molar-refractivity contribution < 1.29 is 9.18 Å².